The number of carbonyl (C=O) groups excluding carboxylic acids is 2. The van der Waals surface area contributed by atoms with Gasteiger partial charge in [-0.1, -0.05) is 24.3 Å². The van der Waals surface area contributed by atoms with Gasteiger partial charge in [-0.15, -0.1) is 0 Å². The molecule has 0 fully saturated rings. The Morgan fingerprint density at radius 2 is 1.81 bits per heavy atom. The van der Waals surface area contributed by atoms with Crippen molar-refractivity contribution in [2.24, 2.45) is 0 Å². The summed E-state index contributed by atoms with van der Waals surface area (Å²) >= 11 is 0. The normalized spacial score (nSPS) is 12.1. The summed E-state index contributed by atoms with van der Waals surface area (Å²) in [6.45, 7) is 5.30. The number of rotatable bonds is 7. The molecule has 2 aromatic heterocycles. The fourth-order valence-corrected chi connectivity index (χ4v) is 3.68. The van der Waals surface area contributed by atoms with Gasteiger partial charge in [-0.25, -0.2) is 4.79 Å². The Morgan fingerprint density at radius 3 is 2.53 bits per heavy atom. The summed E-state index contributed by atoms with van der Waals surface area (Å²) in [5.41, 5.74) is 1.51. The largest absolute Gasteiger partial charge is 0.497 e. The predicted molar refractivity (Wildman–Crippen MR) is 138 cm³/mol. The van der Waals surface area contributed by atoms with E-state index in [-0.39, 0.29) is 6.42 Å². The molecule has 0 aliphatic heterocycles. The number of amides is 2. The van der Waals surface area contributed by atoms with E-state index in [2.05, 4.69) is 15.6 Å². The number of pyridine rings is 1. The first kappa shape index (κ1) is 24.8. The minimum atomic E-state index is -0.875. The molecule has 4 rings (SSSR count). The van der Waals surface area contributed by atoms with Gasteiger partial charge in [-0.05, 0) is 56.0 Å². The number of carbonyl (C=O) groups is 2. The summed E-state index contributed by atoms with van der Waals surface area (Å²) in [6, 6.07) is 16.0. The Balaban J connectivity index is 1.50. The molecule has 2 N–H and O–H groups in total. The molecular formula is C28H29N3O5. The second-order valence-corrected chi connectivity index (χ2v) is 9.38. The van der Waals surface area contributed by atoms with Gasteiger partial charge >= 0.3 is 6.09 Å². The molecule has 8 heteroatoms. The summed E-state index contributed by atoms with van der Waals surface area (Å²) in [5, 5.41) is 7.59. The first-order chi connectivity index (χ1) is 17.2. The Labute approximate surface area is 209 Å². The molecule has 1 atom stereocenters. The van der Waals surface area contributed by atoms with Gasteiger partial charge < -0.3 is 24.5 Å². The molecule has 2 amide bonds. The lowest BCUT2D eigenvalue weighted by Gasteiger charge is -2.23. The van der Waals surface area contributed by atoms with Crippen LogP contribution in [0.1, 0.15) is 26.3 Å². The standard InChI is InChI=1S/C28H29N3O5/c1-28(2,3)36-27(33)31-24(13-18-5-9-23(34-4)10-6-18)26(32)30-22-15-25(35-17-22)20-7-8-21-16-29-12-11-19(21)14-20/h5-12,14-17,24H,13H2,1-4H3,(H,30,32)(H,31,33)/t24-/m0/s1. The maximum absolute atomic E-state index is 13.2. The molecule has 0 unspecified atom stereocenters. The second kappa shape index (κ2) is 10.5. The van der Waals surface area contributed by atoms with Gasteiger partial charge in [0.05, 0.1) is 12.8 Å². The second-order valence-electron chi connectivity index (χ2n) is 9.38. The molecular weight excluding hydrogens is 458 g/mol. The van der Waals surface area contributed by atoms with Crippen LogP contribution in [0.2, 0.25) is 0 Å². The number of furan rings is 1. The van der Waals surface area contributed by atoms with Gasteiger partial charge in [-0.2, -0.15) is 0 Å². The lowest BCUT2D eigenvalue weighted by atomic mass is 10.0. The van der Waals surface area contributed by atoms with E-state index < -0.39 is 23.6 Å². The van der Waals surface area contributed by atoms with Crippen LogP contribution in [0, 0.1) is 0 Å². The van der Waals surface area contributed by atoms with Crippen molar-refractivity contribution >= 4 is 28.5 Å². The fraction of sp³-hybridized carbons (Fsp3) is 0.250. The van der Waals surface area contributed by atoms with Crippen molar-refractivity contribution in [2.75, 3.05) is 12.4 Å². The van der Waals surface area contributed by atoms with Crippen LogP contribution >= 0.6 is 0 Å². The summed E-state index contributed by atoms with van der Waals surface area (Å²) in [5.74, 6) is 0.917. The fourth-order valence-electron chi connectivity index (χ4n) is 3.68. The summed E-state index contributed by atoms with van der Waals surface area (Å²) < 4.78 is 16.3. The molecule has 2 aromatic carbocycles. The Morgan fingerprint density at radius 1 is 1.03 bits per heavy atom. The third kappa shape index (κ3) is 6.41. The number of ether oxygens (including phenoxy) is 2. The molecule has 8 nitrogen and oxygen atoms in total. The topological polar surface area (TPSA) is 103 Å². The number of benzene rings is 2. The molecule has 0 spiro atoms. The minimum absolute atomic E-state index is 0.262. The van der Waals surface area contributed by atoms with Crippen LogP contribution < -0.4 is 15.4 Å². The van der Waals surface area contributed by atoms with E-state index in [4.69, 9.17) is 13.9 Å². The van der Waals surface area contributed by atoms with Crippen LogP contribution in [0.25, 0.3) is 22.1 Å². The molecule has 0 aliphatic rings. The van der Waals surface area contributed by atoms with E-state index in [0.29, 0.717) is 17.2 Å². The van der Waals surface area contributed by atoms with E-state index in [9.17, 15) is 9.59 Å². The first-order valence-corrected chi connectivity index (χ1v) is 11.6. The van der Waals surface area contributed by atoms with Crippen molar-refractivity contribution < 1.29 is 23.5 Å². The Kier molecular flexibility index (Phi) is 7.24. The highest BCUT2D eigenvalue weighted by Crippen LogP contribution is 2.28. The molecule has 36 heavy (non-hydrogen) atoms. The smallest absolute Gasteiger partial charge is 0.408 e. The van der Waals surface area contributed by atoms with Crippen LogP contribution in [0.5, 0.6) is 5.75 Å². The quantitative estimate of drug-likeness (QED) is 0.353. The number of methoxy groups -OCH3 is 1. The maximum Gasteiger partial charge on any atom is 0.408 e. The zero-order chi connectivity index (χ0) is 25.7. The van der Waals surface area contributed by atoms with Crippen LogP contribution in [-0.4, -0.2) is 35.7 Å². The number of nitrogens with zero attached hydrogens (tertiary/aromatic N) is 1. The van der Waals surface area contributed by atoms with Crippen molar-refractivity contribution in [1.29, 1.82) is 0 Å². The molecule has 0 saturated carbocycles. The number of anilines is 1. The van der Waals surface area contributed by atoms with E-state index in [1.165, 1.54) is 6.26 Å². The Bertz CT molecular complexity index is 1360. The van der Waals surface area contributed by atoms with Crippen molar-refractivity contribution in [3.8, 4) is 17.1 Å². The molecule has 186 valence electrons. The van der Waals surface area contributed by atoms with Crippen molar-refractivity contribution in [3.63, 3.8) is 0 Å². The number of hydrogen-bond donors (Lipinski definition) is 2. The van der Waals surface area contributed by atoms with Crippen LogP contribution in [0.15, 0.2) is 77.7 Å². The molecule has 0 radical (unpaired) electrons. The lowest BCUT2D eigenvalue weighted by Crippen LogP contribution is -2.47. The Hall–Kier alpha value is -4.33. The van der Waals surface area contributed by atoms with Crippen LogP contribution in [-0.2, 0) is 16.0 Å². The van der Waals surface area contributed by atoms with Gasteiger partial charge in [0.25, 0.3) is 0 Å². The third-order valence-corrected chi connectivity index (χ3v) is 5.40. The van der Waals surface area contributed by atoms with Gasteiger partial charge in [0.15, 0.2) is 0 Å². The summed E-state index contributed by atoms with van der Waals surface area (Å²) in [4.78, 5) is 29.8. The van der Waals surface area contributed by atoms with E-state index in [0.717, 1.165) is 21.9 Å². The van der Waals surface area contributed by atoms with Crippen molar-refractivity contribution in [3.05, 3.63) is 78.8 Å². The molecule has 2 heterocycles. The first-order valence-electron chi connectivity index (χ1n) is 11.6. The molecule has 0 bridgehead atoms. The van der Waals surface area contributed by atoms with Crippen LogP contribution in [0.4, 0.5) is 10.5 Å². The highest BCUT2D eigenvalue weighted by molar-refractivity contribution is 5.97. The molecule has 0 aliphatic carbocycles. The number of aromatic nitrogens is 1. The third-order valence-electron chi connectivity index (χ3n) is 5.40. The minimum Gasteiger partial charge on any atom is -0.497 e. The monoisotopic (exact) mass is 487 g/mol. The SMILES string of the molecule is COc1ccc(C[C@H](NC(=O)OC(C)(C)C)C(=O)Nc2coc(-c3ccc4cnccc4c3)c2)cc1. The zero-order valence-corrected chi connectivity index (χ0v) is 20.7. The van der Waals surface area contributed by atoms with Gasteiger partial charge in [0.2, 0.25) is 5.91 Å². The maximum atomic E-state index is 13.2. The highest BCUT2D eigenvalue weighted by Gasteiger charge is 2.25. The lowest BCUT2D eigenvalue weighted by molar-refractivity contribution is -0.118. The average molecular weight is 488 g/mol. The van der Waals surface area contributed by atoms with E-state index in [1.807, 2.05) is 36.4 Å². The van der Waals surface area contributed by atoms with Crippen LogP contribution in [0.3, 0.4) is 0 Å². The van der Waals surface area contributed by atoms with E-state index in [1.54, 1.807) is 58.5 Å². The number of hydrogen-bond acceptors (Lipinski definition) is 6. The molecule has 0 saturated heterocycles. The number of alkyl carbamates (subject to hydrolysis) is 1. The highest BCUT2D eigenvalue weighted by atomic mass is 16.6. The predicted octanol–water partition coefficient (Wildman–Crippen LogP) is 5.58. The van der Waals surface area contributed by atoms with E-state index >= 15 is 0 Å². The number of fused-ring (bicyclic) bond motifs is 1. The van der Waals surface area contributed by atoms with Crippen molar-refractivity contribution in [2.45, 2.75) is 38.8 Å². The molecule has 4 aromatic rings. The van der Waals surface area contributed by atoms with Gasteiger partial charge in [0.1, 0.15) is 29.4 Å². The zero-order valence-electron chi connectivity index (χ0n) is 20.7. The van der Waals surface area contributed by atoms with Crippen molar-refractivity contribution in [1.82, 2.24) is 10.3 Å². The average Bonchev–Trinajstić information content (AvgIpc) is 3.31. The summed E-state index contributed by atoms with van der Waals surface area (Å²) in [7, 11) is 1.59. The van der Waals surface area contributed by atoms with Gasteiger partial charge in [-0.3, -0.25) is 9.78 Å². The number of nitrogens with one attached hydrogen (secondary N) is 2. The van der Waals surface area contributed by atoms with Gasteiger partial charge in [0, 0.05) is 35.8 Å². The summed E-state index contributed by atoms with van der Waals surface area (Å²) in [6.07, 6.45) is 4.60.